The Kier molecular flexibility index (Phi) is 4.24. The number of halogens is 1. The van der Waals surface area contributed by atoms with E-state index in [1.165, 1.54) is 36.4 Å². The van der Waals surface area contributed by atoms with Crippen molar-refractivity contribution in [1.29, 1.82) is 0 Å². The molecule has 6 heteroatoms. The predicted octanol–water partition coefficient (Wildman–Crippen LogP) is 3.38. The number of allylic oxidation sites excluding steroid dienone is 2. The highest BCUT2D eigenvalue weighted by Crippen LogP contribution is 2.33. The molecular weight excluding hydrogens is 331 g/mol. The van der Waals surface area contributed by atoms with E-state index in [9.17, 15) is 17.6 Å². The maximum Gasteiger partial charge on any atom is 0.198 e. The van der Waals surface area contributed by atoms with Gasteiger partial charge in [-0.15, -0.1) is 0 Å². The Balaban J connectivity index is 1.95. The van der Waals surface area contributed by atoms with E-state index < -0.39 is 9.84 Å². The van der Waals surface area contributed by atoms with Crippen LogP contribution in [0.3, 0.4) is 0 Å². The number of Topliss-reactive ketones (excluding diaryl/α,β-unsaturated/α-hetero) is 1. The van der Waals surface area contributed by atoms with Crippen LogP contribution in [0.4, 0.5) is 4.39 Å². The molecule has 2 aromatic carbocycles. The maximum absolute atomic E-state index is 13.0. The number of hydrogen-bond acceptors (Lipinski definition) is 4. The quantitative estimate of drug-likeness (QED) is 0.851. The fraction of sp³-hybridized carbons (Fsp3) is 0.167. The fourth-order valence-corrected chi connectivity index (χ4v) is 3.18. The van der Waals surface area contributed by atoms with Crippen LogP contribution in [-0.2, 0) is 14.6 Å². The van der Waals surface area contributed by atoms with Crippen LogP contribution < -0.4 is 4.74 Å². The summed E-state index contributed by atoms with van der Waals surface area (Å²) in [6.07, 6.45) is 2.00. The molecule has 0 atom stereocenters. The summed E-state index contributed by atoms with van der Waals surface area (Å²) in [7, 11) is -3.27. The molecule has 124 valence electrons. The third-order valence-electron chi connectivity index (χ3n) is 3.79. The molecule has 0 saturated heterocycles. The van der Waals surface area contributed by atoms with Crippen molar-refractivity contribution < 1.29 is 22.3 Å². The average Bonchev–Trinajstić information content (AvgIpc) is 2.90. The lowest BCUT2D eigenvalue weighted by atomic mass is 10.1. The number of carbonyl (C=O) groups is 1. The van der Waals surface area contributed by atoms with Gasteiger partial charge in [0, 0.05) is 18.2 Å². The molecule has 4 nitrogen and oxygen atoms in total. The minimum Gasteiger partial charge on any atom is -0.453 e. The van der Waals surface area contributed by atoms with Crippen molar-refractivity contribution in [2.75, 3.05) is 6.26 Å². The van der Waals surface area contributed by atoms with E-state index >= 15 is 0 Å². The minimum atomic E-state index is -3.27. The molecule has 0 aliphatic heterocycles. The molecule has 1 aliphatic rings. The van der Waals surface area contributed by atoms with E-state index in [-0.39, 0.29) is 22.3 Å². The van der Waals surface area contributed by atoms with Crippen molar-refractivity contribution in [3.8, 4) is 5.75 Å². The first-order valence-corrected chi connectivity index (χ1v) is 9.24. The van der Waals surface area contributed by atoms with Gasteiger partial charge in [-0.05, 0) is 48.4 Å². The summed E-state index contributed by atoms with van der Waals surface area (Å²) in [4.78, 5) is 12.3. The molecule has 2 aromatic rings. The van der Waals surface area contributed by atoms with E-state index in [4.69, 9.17) is 4.74 Å². The number of hydrogen-bond donors (Lipinski definition) is 0. The monoisotopic (exact) mass is 346 g/mol. The zero-order valence-corrected chi connectivity index (χ0v) is 13.8. The number of ketones is 1. The topological polar surface area (TPSA) is 60.4 Å². The lowest BCUT2D eigenvalue weighted by Gasteiger charge is -2.09. The van der Waals surface area contributed by atoms with Crippen LogP contribution in [0, 0.1) is 5.82 Å². The van der Waals surface area contributed by atoms with Crippen molar-refractivity contribution in [2.24, 2.45) is 0 Å². The molecule has 0 radical (unpaired) electrons. The molecule has 0 spiro atoms. The maximum atomic E-state index is 13.0. The lowest BCUT2D eigenvalue weighted by Crippen LogP contribution is -2.05. The summed E-state index contributed by atoms with van der Waals surface area (Å²) in [5, 5.41) is 0. The van der Waals surface area contributed by atoms with Crippen LogP contribution >= 0.6 is 0 Å². The molecule has 0 heterocycles. The first-order valence-electron chi connectivity index (χ1n) is 7.35. The van der Waals surface area contributed by atoms with Crippen molar-refractivity contribution in [2.45, 2.75) is 17.7 Å². The highest BCUT2D eigenvalue weighted by Gasteiger charge is 2.26. The molecule has 0 fully saturated rings. The minimum absolute atomic E-state index is 0.124. The number of ether oxygens (including phenoxy) is 1. The molecule has 1 aliphatic carbocycles. The van der Waals surface area contributed by atoms with Crippen molar-refractivity contribution >= 4 is 21.2 Å². The van der Waals surface area contributed by atoms with Gasteiger partial charge in [-0.25, -0.2) is 12.8 Å². The summed E-state index contributed by atoms with van der Waals surface area (Å²) in [5.74, 6) is 0.104. The first kappa shape index (κ1) is 16.4. The van der Waals surface area contributed by atoms with E-state index in [2.05, 4.69) is 0 Å². The van der Waals surface area contributed by atoms with Crippen LogP contribution in [0.1, 0.15) is 18.4 Å². The molecule has 24 heavy (non-hydrogen) atoms. The largest absolute Gasteiger partial charge is 0.453 e. The van der Waals surface area contributed by atoms with Crippen molar-refractivity contribution in [1.82, 2.24) is 0 Å². The molecule has 0 saturated carbocycles. The molecule has 0 bridgehead atoms. The molecular formula is C18H15FO4S. The van der Waals surface area contributed by atoms with Gasteiger partial charge in [-0.3, -0.25) is 4.79 Å². The smallest absolute Gasteiger partial charge is 0.198 e. The van der Waals surface area contributed by atoms with E-state index in [0.717, 1.165) is 17.4 Å². The van der Waals surface area contributed by atoms with E-state index in [0.29, 0.717) is 18.6 Å². The Morgan fingerprint density at radius 2 is 1.58 bits per heavy atom. The van der Waals surface area contributed by atoms with Crippen LogP contribution in [0.25, 0.3) is 5.57 Å². The fourth-order valence-electron chi connectivity index (χ4n) is 2.55. The zero-order chi connectivity index (χ0) is 17.3. The van der Waals surface area contributed by atoms with Crippen molar-refractivity contribution in [3.05, 3.63) is 65.7 Å². The Morgan fingerprint density at radius 3 is 2.17 bits per heavy atom. The molecule has 0 aromatic heterocycles. The van der Waals surface area contributed by atoms with Crippen molar-refractivity contribution in [3.63, 3.8) is 0 Å². The Hall–Kier alpha value is -2.47. The van der Waals surface area contributed by atoms with Gasteiger partial charge >= 0.3 is 0 Å². The summed E-state index contributed by atoms with van der Waals surface area (Å²) < 4.78 is 41.7. The number of rotatable bonds is 4. The second-order valence-electron chi connectivity index (χ2n) is 5.58. The summed E-state index contributed by atoms with van der Waals surface area (Å²) in [6, 6.07) is 11.8. The Bertz CT molecular complexity index is 910. The summed E-state index contributed by atoms with van der Waals surface area (Å²) >= 11 is 0. The highest BCUT2D eigenvalue weighted by molar-refractivity contribution is 7.90. The third-order valence-corrected chi connectivity index (χ3v) is 4.92. The molecule has 0 N–H and O–H groups in total. The second-order valence-corrected chi connectivity index (χ2v) is 7.60. The van der Waals surface area contributed by atoms with Crippen LogP contribution in [0.5, 0.6) is 5.75 Å². The average molecular weight is 346 g/mol. The first-order chi connectivity index (χ1) is 11.3. The second kappa shape index (κ2) is 6.20. The van der Waals surface area contributed by atoms with E-state index in [1.54, 1.807) is 12.1 Å². The normalized spacial score (nSPS) is 15.0. The molecule has 0 amide bonds. The van der Waals surface area contributed by atoms with E-state index in [1.807, 2.05) is 0 Å². The van der Waals surface area contributed by atoms with Gasteiger partial charge in [0.15, 0.2) is 21.4 Å². The summed E-state index contributed by atoms with van der Waals surface area (Å²) in [6.45, 7) is 0. The standard InChI is InChI=1S/C18H15FO4S/c1-24(21,22)15-8-2-12(3-9-15)16-10-11-17(20)18(16)23-14-6-4-13(19)5-7-14/h2-9H,10-11H2,1H3. The van der Waals surface area contributed by atoms with Gasteiger partial charge in [0.05, 0.1) is 4.90 Å². The van der Waals surface area contributed by atoms with Gasteiger partial charge in [0.1, 0.15) is 11.6 Å². The SMILES string of the molecule is CS(=O)(=O)c1ccc(C2=C(Oc3ccc(F)cc3)C(=O)CC2)cc1. The number of benzene rings is 2. The van der Waals surface area contributed by atoms with Crippen LogP contribution in [0.2, 0.25) is 0 Å². The third kappa shape index (κ3) is 3.38. The van der Waals surface area contributed by atoms with Gasteiger partial charge < -0.3 is 4.74 Å². The van der Waals surface area contributed by atoms with Crippen LogP contribution in [-0.4, -0.2) is 20.5 Å². The molecule has 0 unspecified atom stereocenters. The zero-order valence-electron chi connectivity index (χ0n) is 13.0. The van der Waals surface area contributed by atoms with Gasteiger partial charge in [0.2, 0.25) is 0 Å². The predicted molar refractivity (Wildman–Crippen MR) is 87.7 cm³/mol. The Labute approximate surface area is 139 Å². The summed E-state index contributed by atoms with van der Waals surface area (Å²) in [5.41, 5.74) is 1.47. The lowest BCUT2D eigenvalue weighted by molar-refractivity contribution is -0.116. The number of carbonyl (C=O) groups excluding carboxylic acids is 1. The van der Waals surface area contributed by atoms with Gasteiger partial charge in [-0.2, -0.15) is 0 Å². The van der Waals surface area contributed by atoms with Gasteiger partial charge in [0.25, 0.3) is 0 Å². The Morgan fingerprint density at radius 1 is 0.958 bits per heavy atom. The molecule has 3 rings (SSSR count). The number of sulfone groups is 1. The van der Waals surface area contributed by atoms with Crippen LogP contribution in [0.15, 0.2) is 59.2 Å². The van der Waals surface area contributed by atoms with Gasteiger partial charge in [-0.1, -0.05) is 12.1 Å². The highest BCUT2D eigenvalue weighted by atomic mass is 32.2.